The van der Waals surface area contributed by atoms with Crippen LogP contribution in [0.15, 0.2) is 16.7 Å². The van der Waals surface area contributed by atoms with Crippen LogP contribution in [0.2, 0.25) is 0 Å². The average Bonchev–Trinajstić information content (AvgIpc) is 2.32. The third-order valence-electron chi connectivity index (χ3n) is 1.31. The highest BCUT2D eigenvalue weighted by molar-refractivity contribution is 5.88. The number of aliphatic hydroxyl groups excluding tert-OH is 1. The van der Waals surface area contributed by atoms with Crippen molar-refractivity contribution in [1.82, 2.24) is 0 Å². The van der Waals surface area contributed by atoms with Crippen molar-refractivity contribution in [3.05, 3.63) is 23.7 Å². The van der Waals surface area contributed by atoms with E-state index in [-0.39, 0.29) is 11.3 Å². The van der Waals surface area contributed by atoms with Crippen LogP contribution >= 0.6 is 0 Å². The fourth-order valence-electron chi connectivity index (χ4n) is 0.821. The quantitative estimate of drug-likeness (QED) is 0.670. The van der Waals surface area contributed by atoms with Gasteiger partial charge in [0, 0.05) is 0 Å². The van der Waals surface area contributed by atoms with E-state index in [9.17, 15) is 4.79 Å². The Kier molecular flexibility index (Phi) is 1.96. The molecule has 0 aliphatic carbocycles. The van der Waals surface area contributed by atoms with Gasteiger partial charge in [-0.25, -0.2) is 4.79 Å². The first-order valence-corrected chi connectivity index (χ1v) is 3.11. The summed E-state index contributed by atoms with van der Waals surface area (Å²) < 4.78 is 4.76. The molecule has 1 unspecified atom stereocenters. The van der Waals surface area contributed by atoms with E-state index in [4.69, 9.17) is 14.6 Å². The van der Waals surface area contributed by atoms with Gasteiger partial charge >= 0.3 is 5.97 Å². The molecule has 60 valence electrons. The first-order chi connectivity index (χ1) is 5.13. The second kappa shape index (κ2) is 2.75. The van der Waals surface area contributed by atoms with E-state index in [1.807, 2.05) is 0 Å². The van der Waals surface area contributed by atoms with Crippen molar-refractivity contribution in [2.75, 3.05) is 0 Å². The molecule has 4 heteroatoms. The molecule has 1 aromatic rings. The summed E-state index contributed by atoms with van der Waals surface area (Å²) in [7, 11) is 0. The van der Waals surface area contributed by atoms with Gasteiger partial charge < -0.3 is 14.6 Å². The molecular formula is C7H8O4. The van der Waals surface area contributed by atoms with Gasteiger partial charge in [-0.15, -0.1) is 0 Å². The van der Waals surface area contributed by atoms with Crippen molar-refractivity contribution < 1.29 is 19.4 Å². The summed E-state index contributed by atoms with van der Waals surface area (Å²) in [6.07, 6.45) is 0.363. The Morgan fingerprint density at radius 1 is 1.73 bits per heavy atom. The number of hydrogen-bond acceptors (Lipinski definition) is 3. The summed E-state index contributed by atoms with van der Waals surface area (Å²) in [4.78, 5) is 10.4. The van der Waals surface area contributed by atoms with Crippen LogP contribution in [0.1, 0.15) is 29.1 Å². The molecule has 0 aromatic carbocycles. The normalized spacial score (nSPS) is 12.9. The first kappa shape index (κ1) is 7.81. The number of rotatable bonds is 2. The lowest BCUT2D eigenvalue weighted by atomic mass is 10.2. The smallest absolute Gasteiger partial charge is 0.339 e. The predicted octanol–water partition coefficient (Wildman–Crippen LogP) is 1.03. The Balaban J connectivity index is 3.06. The van der Waals surface area contributed by atoms with Crippen LogP contribution in [0.25, 0.3) is 0 Å². The minimum Gasteiger partial charge on any atom is -0.478 e. The Labute approximate surface area is 63.1 Å². The van der Waals surface area contributed by atoms with Gasteiger partial charge in [0.25, 0.3) is 0 Å². The molecule has 0 saturated carbocycles. The monoisotopic (exact) mass is 156 g/mol. The van der Waals surface area contributed by atoms with E-state index in [1.54, 1.807) is 0 Å². The molecule has 0 fully saturated rings. The fraction of sp³-hybridized carbons (Fsp3) is 0.286. The average molecular weight is 156 g/mol. The van der Waals surface area contributed by atoms with E-state index < -0.39 is 12.1 Å². The van der Waals surface area contributed by atoms with Crippen LogP contribution in [0.3, 0.4) is 0 Å². The summed E-state index contributed by atoms with van der Waals surface area (Å²) in [5.41, 5.74) is 0.0139. The number of aromatic carboxylic acids is 1. The molecule has 0 amide bonds. The van der Waals surface area contributed by atoms with Gasteiger partial charge in [0.05, 0.1) is 6.26 Å². The number of hydrogen-bond donors (Lipinski definition) is 2. The Hall–Kier alpha value is -1.29. The zero-order valence-corrected chi connectivity index (χ0v) is 5.94. The van der Waals surface area contributed by atoms with Gasteiger partial charge in [-0.3, -0.25) is 0 Å². The van der Waals surface area contributed by atoms with Crippen molar-refractivity contribution in [2.24, 2.45) is 0 Å². The zero-order valence-electron chi connectivity index (χ0n) is 5.94. The van der Waals surface area contributed by atoms with Crippen LogP contribution in [0.4, 0.5) is 0 Å². The molecule has 0 spiro atoms. The Morgan fingerprint density at radius 3 is 2.73 bits per heavy atom. The second-order valence-electron chi connectivity index (χ2n) is 2.18. The van der Waals surface area contributed by atoms with Crippen molar-refractivity contribution in [3.63, 3.8) is 0 Å². The SMILES string of the molecule is CC(O)c1occc1C(=O)O. The van der Waals surface area contributed by atoms with Crippen LogP contribution < -0.4 is 0 Å². The van der Waals surface area contributed by atoms with Crippen LogP contribution in [0.5, 0.6) is 0 Å². The molecule has 0 radical (unpaired) electrons. The van der Waals surface area contributed by atoms with Gasteiger partial charge in [-0.1, -0.05) is 0 Å². The van der Waals surface area contributed by atoms with Crippen LogP contribution in [-0.2, 0) is 0 Å². The maximum atomic E-state index is 10.4. The molecule has 1 heterocycles. The molecule has 0 saturated heterocycles. The number of aliphatic hydroxyl groups is 1. The Bertz CT molecular complexity index is 261. The van der Waals surface area contributed by atoms with Crippen LogP contribution in [0, 0.1) is 0 Å². The van der Waals surface area contributed by atoms with Gasteiger partial charge in [-0.05, 0) is 13.0 Å². The van der Waals surface area contributed by atoms with Gasteiger partial charge in [0.1, 0.15) is 17.4 Å². The highest BCUT2D eigenvalue weighted by Crippen LogP contribution is 2.18. The lowest BCUT2D eigenvalue weighted by Gasteiger charge is -1.99. The van der Waals surface area contributed by atoms with Gasteiger partial charge in [-0.2, -0.15) is 0 Å². The first-order valence-electron chi connectivity index (χ1n) is 3.11. The third-order valence-corrected chi connectivity index (χ3v) is 1.31. The minimum atomic E-state index is -1.09. The molecule has 1 rings (SSSR count). The van der Waals surface area contributed by atoms with E-state index in [1.165, 1.54) is 19.3 Å². The summed E-state index contributed by atoms with van der Waals surface area (Å²) in [5.74, 6) is -0.993. The summed E-state index contributed by atoms with van der Waals surface area (Å²) in [6.45, 7) is 1.45. The lowest BCUT2D eigenvalue weighted by Crippen LogP contribution is -2.01. The lowest BCUT2D eigenvalue weighted by molar-refractivity contribution is 0.0685. The van der Waals surface area contributed by atoms with Crippen LogP contribution in [-0.4, -0.2) is 16.2 Å². The van der Waals surface area contributed by atoms with Gasteiger partial charge in [0.2, 0.25) is 0 Å². The molecule has 4 nitrogen and oxygen atoms in total. The third kappa shape index (κ3) is 1.40. The van der Waals surface area contributed by atoms with E-state index in [2.05, 4.69) is 0 Å². The number of carboxylic acid groups (broad SMARTS) is 1. The molecule has 0 bridgehead atoms. The molecule has 2 N–H and O–H groups in total. The van der Waals surface area contributed by atoms with Crippen molar-refractivity contribution in [1.29, 1.82) is 0 Å². The maximum Gasteiger partial charge on any atom is 0.339 e. The van der Waals surface area contributed by atoms with E-state index in [0.717, 1.165) is 0 Å². The standard InChI is InChI=1S/C7H8O4/c1-4(8)6-5(7(9)10)2-3-11-6/h2-4,8H,1H3,(H,9,10). The van der Waals surface area contributed by atoms with Crippen molar-refractivity contribution >= 4 is 5.97 Å². The maximum absolute atomic E-state index is 10.4. The second-order valence-corrected chi connectivity index (χ2v) is 2.18. The van der Waals surface area contributed by atoms with Gasteiger partial charge in [0.15, 0.2) is 0 Å². The number of carboxylic acids is 1. The Morgan fingerprint density at radius 2 is 2.36 bits per heavy atom. The number of carbonyl (C=O) groups is 1. The van der Waals surface area contributed by atoms with Crippen molar-refractivity contribution in [3.8, 4) is 0 Å². The fourth-order valence-corrected chi connectivity index (χ4v) is 0.821. The molecule has 11 heavy (non-hydrogen) atoms. The predicted molar refractivity (Wildman–Crippen MR) is 36.3 cm³/mol. The summed E-state index contributed by atoms with van der Waals surface area (Å²) >= 11 is 0. The molecule has 0 aliphatic rings. The van der Waals surface area contributed by atoms with E-state index >= 15 is 0 Å². The topological polar surface area (TPSA) is 70.7 Å². The minimum absolute atomic E-state index is 0.0139. The summed E-state index contributed by atoms with van der Waals surface area (Å²) in [5, 5.41) is 17.5. The largest absolute Gasteiger partial charge is 0.478 e. The van der Waals surface area contributed by atoms with E-state index in [0.29, 0.717) is 0 Å². The highest BCUT2D eigenvalue weighted by atomic mass is 16.4. The zero-order chi connectivity index (χ0) is 8.43. The molecule has 1 atom stereocenters. The molecule has 0 aliphatic heterocycles. The summed E-state index contributed by atoms with van der Waals surface area (Å²) in [6, 6.07) is 1.31. The molecule has 1 aromatic heterocycles. The highest BCUT2D eigenvalue weighted by Gasteiger charge is 2.16. The number of furan rings is 1. The molecular weight excluding hydrogens is 148 g/mol. The van der Waals surface area contributed by atoms with Crippen molar-refractivity contribution in [2.45, 2.75) is 13.0 Å².